The number of ether oxygens (including phenoxy) is 3. The smallest absolute Gasteiger partial charge is 0.251 e. The lowest BCUT2D eigenvalue weighted by Gasteiger charge is -2.31. The Bertz CT molecular complexity index is 1010. The highest BCUT2D eigenvalue weighted by atomic mass is 19.1. The van der Waals surface area contributed by atoms with Crippen LogP contribution in [0.1, 0.15) is 22.3 Å². The van der Waals surface area contributed by atoms with Crippen molar-refractivity contribution >= 4 is 11.8 Å². The maximum Gasteiger partial charge on any atom is 0.251 e. The van der Waals surface area contributed by atoms with Crippen LogP contribution in [0.4, 0.5) is 4.39 Å². The molecule has 2 aliphatic heterocycles. The Morgan fingerprint density at radius 1 is 1.06 bits per heavy atom. The van der Waals surface area contributed by atoms with Crippen LogP contribution in [0.2, 0.25) is 0 Å². The Morgan fingerprint density at radius 3 is 2.62 bits per heavy atom. The van der Waals surface area contributed by atoms with Crippen LogP contribution in [0, 0.1) is 5.82 Å². The van der Waals surface area contributed by atoms with Crippen LogP contribution in [0.25, 0.3) is 0 Å². The number of aliphatic hydroxyl groups is 1. The minimum absolute atomic E-state index is 0.0526. The molecule has 8 nitrogen and oxygen atoms in total. The number of amides is 2. The van der Waals surface area contributed by atoms with Gasteiger partial charge in [-0.15, -0.1) is 0 Å². The lowest BCUT2D eigenvalue weighted by molar-refractivity contribution is -0.125. The molecule has 0 spiro atoms. The summed E-state index contributed by atoms with van der Waals surface area (Å²) in [6, 6.07) is 10.2. The molecule has 0 bridgehead atoms. The van der Waals surface area contributed by atoms with Crippen LogP contribution in [0.5, 0.6) is 11.5 Å². The Labute approximate surface area is 184 Å². The third-order valence-corrected chi connectivity index (χ3v) is 5.19. The van der Waals surface area contributed by atoms with E-state index < -0.39 is 18.2 Å². The van der Waals surface area contributed by atoms with Gasteiger partial charge in [-0.05, 0) is 35.9 Å². The number of aliphatic hydroxyl groups excluding tert-OH is 1. The molecule has 168 valence electrons. The molecular formula is C23H23FN2O6. The van der Waals surface area contributed by atoms with Crippen molar-refractivity contribution in [2.75, 3.05) is 13.4 Å². The molecule has 2 aromatic carbocycles. The van der Waals surface area contributed by atoms with E-state index in [-0.39, 0.29) is 44.0 Å². The zero-order valence-corrected chi connectivity index (χ0v) is 17.1. The lowest BCUT2D eigenvalue weighted by atomic mass is 10.0. The molecule has 2 aromatic rings. The number of hydrogen-bond acceptors (Lipinski definition) is 6. The Balaban J connectivity index is 1.30. The van der Waals surface area contributed by atoms with Crippen molar-refractivity contribution in [3.8, 4) is 11.5 Å². The van der Waals surface area contributed by atoms with Gasteiger partial charge in [-0.25, -0.2) is 4.39 Å². The molecule has 0 fully saturated rings. The molecule has 4 rings (SSSR count). The van der Waals surface area contributed by atoms with Gasteiger partial charge in [0.1, 0.15) is 11.9 Å². The Morgan fingerprint density at radius 2 is 1.84 bits per heavy atom. The zero-order valence-electron chi connectivity index (χ0n) is 17.1. The van der Waals surface area contributed by atoms with Gasteiger partial charge in [-0.2, -0.15) is 0 Å². The first-order valence-electron chi connectivity index (χ1n) is 10.2. The average molecular weight is 442 g/mol. The molecule has 0 saturated heterocycles. The Kier molecular flexibility index (Phi) is 6.67. The van der Waals surface area contributed by atoms with E-state index in [4.69, 9.17) is 14.2 Å². The molecule has 3 atom stereocenters. The summed E-state index contributed by atoms with van der Waals surface area (Å²) in [7, 11) is 0. The minimum atomic E-state index is -0.701. The van der Waals surface area contributed by atoms with Crippen molar-refractivity contribution in [3.05, 3.63) is 71.6 Å². The van der Waals surface area contributed by atoms with Crippen LogP contribution in [-0.4, -0.2) is 48.6 Å². The van der Waals surface area contributed by atoms with Crippen molar-refractivity contribution in [1.82, 2.24) is 10.6 Å². The van der Waals surface area contributed by atoms with E-state index >= 15 is 0 Å². The van der Waals surface area contributed by atoms with E-state index in [1.807, 2.05) is 0 Å². The fraction of sp³-hybridized carbons (Fsp3) is 0.304. The van der Waals surface area contributed by atoms with Crippen molar-refractivity contribution in [2.24, 2.45) is 0 Å². The van der Waals surface area contributed by atoms with Gasteiger partial charge in [-0.3, -0.25) is 9.59 Å². The zero-order chi connectivity index (χ0) is 22.5. The topological polar surface area (TPSA) is 106 Å². The molecule has 2 aliphatic rings. The number of hydrogen-bond donors (Lipinski definition) is 3. The highest BCUT2D eigenvalue weighted by Gasteiger charge is 2.29. The first-order valence-corrected chi connectivity index (χ1v) is 10.2. The predicted octanol–water partition coefficient (Wildman–Crippen LogP) is 1.68. The molecule has 3 N–H and O–H groups in total. The largest absolute Gasteiger partial charge is 0.454 e. The Hall–Kier alpha value is -3.43. The summed E-state index contributed by atoms with van der Waals surface area (Å²) in [6.07, 6.45) is 2.21. The van der Waals surface area contributed by atoms with Gasteiger partial charge >= 0.3 is 0 Å². The fourth-order valence-electron chi connectivity index (χ4n) is 3.47. The normalized spacial score (nSPS) is 21.2. The van der Waals surface area contributed by atoms with Crippen LogP contribution in [0.3, 0.4) is 0 Å². The van der Waals surface area contributed by atoms with Gasteiger partial charge in [0.15, 0.2) is 11.5 Å². The van der Waals surface area contributed by atoms with E-state index in [1.54, 1.807) is 42.5 Å². The summed E-state index contributed by atoms with van der Waals surface area (Å²) in [5.74, 6) is 0.143. The third kappa shape index (κ3) is 5.24. The summed E-state index contributed by atoms with van der Waals surface area (Å²) in [5, 5.41) is 15.3. The molecule has 0 aromatic heterocycles. The van der Waals surface area contributed by atoms with E-state index in [0.29, 0.717) is 17.1 Å². The first kappa shape index (κ1) is 21.8. The van der Waals surface area contributed by atoms with E-state index in [1.165, 1.54) is 12.1 Å². The molecule has 0 saturated carbocycles. The van der Waals surface area contributed by atoms with Crippen LogP contribution in [0.15, 0.2) is 54.6 Å². The highest BCUT2D eigenvalue weighted by molar-refractivity contribution is 5.95. The van der Waals surface area contributed by atoms with Crippen LogP contribution >= 0.6 is 0 Å². The summed E-state index contributed by atoms with van der Waals surface area (Å²) in [6.45, 7) is 0.0579. The monoisotopic (exact) mass is 442 g/mol. The number of rotatable bonds is 7. The molecule has 9 heteroatoms. The van der Waals surface area contributed by atoms with Crippen molar-refractivity contribution in [2.45, 2.75) is 31.2 Å². The summed E-state index contributed by atoms with van der Waals surface area (Å²) < 4.78 is 29.3. The van der Waals surface area contributed by atoms with Crippen molar-refractivity contribution in [3.63, 3.8) is 0 Å². The second-order valence-corrected chi connectivity index (χ2v) is 7.46. The summed E-state index contributed by atoms with van der Waals surface area (Å²) >= 11 is 0. The van der Waals surface area contributed by atoms with Gasteiger partial charge in [0.25, 0.3) is 5.91 Å². The van der Waals surface area contributed by atoms with Crippen LogP contribution in [-0.2, 0) is 16.1 Å². The maximum absolute atomic E-state index is 13.0. The molecule has 32 heavy (non-hydrogen) atoms. The van der Waals surface area contributed by atoms with Gasteiger partial charge < -0.3 is 30.0 Å². The van der Waals surface area contributed by atoms with E-state index in [2.05, 4.69) is 10.6 Å². The van der Waals surface area contributed by atoms with Crippen LogP contribution < -0.4 is 20.1 Å². The van der Waals surface area contributed by atoms with Gasteiger partial charge in [0, 0.05) is 12.1 Å². The molecule has 2 heterocycles. The van der Waals surface area contributed by atoms with Gasteiger partial charge in [0.05, 0.1) is 25.2 Å². The summed E-state index contributed by atoms with van der Waals surface area (Å²) in [4.78, 5) is 24.8. The molecular weight excluding hydrogens is 419 g/mol. The number of carbonyl (C=O) groups excluding carboxylic acids is 2. The number of benzene rings is 2. The van der Waals surface area contributed by atoms with E-state index in [9.17, 15) is 19.1 Å². The van der Waals surface area contributed by atoms with Crippen molar-refractivity contribution in [1.29, 1.82) is 0 Å². The quantitative estimate of drug-likeness (QED) is 0.564. The second-order valence-electron chi connectivity index (χ2n) is 7.46. The van der Waals surface area contributed by atoms with E-state index in [0.717, 1.165) is 5.56 Å². The SMILES string of the molecule is O=C(C[C@H]1C=C[C@H](NC(=O)c2ccc3c(c2)OCO3)[C@H](CO)O1)NCc1ccc(F)cc1. The molecule has 2 amide bonds. The minimum Gasteiger partial charge on any atom is -0.454 e. The fourth-order valence-corrected chi connectivity index (χ4v) is 3.47. The standard InChI is InChI=1S/C23H23FN2O6/c24-16-4-1-14(2-5-16)11-25-22(28)10-17-6-7-18(21(12-27)32-17)26-23(29)15-3-8-19-20(9-15)31-13-30-19/h1-9,17-18,21,27H,10-13H2,(H,25,28)(H,26,29)/t17-,18+,21+/m1/s1. The average Bonchev–Trinajstić information content (AvgIpc) is 3.27. The molecule has 0 radical (unpaired) electrons. The predicted molar refractivity (Wildman–Crippen MR) is 112 cm³/mol. The molecule has 0 unspecified atom stereocenters. The third-order valence-electron chi connectivity index (χ3n) is 5.19. The van der Waals surface area contributed by atoms with Crippen molar-refractivity contribution < 1.29 is 33.3 Å². The number of carbonyl (C=O) groups is 2. The van der Waals surface area contributed by atoms with Gasteiger partial charge in [0.2, 0.25) is 12.7 Å². The van der Waals surface area contributed by atoms with Gasteiger partial charge in [-0.1, -0.05) is 24.3 Å². The number of nitrogens with one attached hydrogen (secondary N) is 2. The summed E-state index contributed by atoms with van der Waals surface area (Å²) in [5.41, 5.74) is 1.17. The second kappa shape index (κ2) is 9.80. The maximum atomic E-state index is 13.0. The lowest BCUT2D eigenvalue weighted by Crippen LogP contribution is -2.49. The highest BCUT2D eigenvalue weighted by Crippen LogP contribution is 2.32. The molecule has 0 aliphatic carbocycles. The number of fused-ring (bicyclic) bond motifs is 1. The first-order chi connectivity index (χ1) is 15.5. The number of halogens is 1.